The number of benzene rings is 3. The van der Waals surface area contributed by atoms with Crippen LogP contribution in [0.4, 0.5) is 5.69 Å². The van der Waals surface area contributed by atoms with Crippen molar-refractivity contribution in [2.24, 2.45) is 5.92 Å². The molecular weight excluding hydrogens is 494 g/mol. The van der Waals surface area contributed by atoms with Crippen molar-refractivity contribution in [1.29, 1.82) is 0 Å². The SMILES string of the molecule is COc1ccc(C2/C(=C(/O)c3ccc(OC)c(C(C)C)c3)C(=O)C(=O)N2c2ccc(OCC(C)C)cc2)cc1. The van der Waals surface area contributed by atoms with Crippen molar-refractivity contribution in [2.45, 2.75) is 39.7 Å². The minimum Gasteiger partial charge on any atom is -0.507 e. The topological polar surface area (TPSA) is 85.3 Å². The van der Waals surface area contributed by atoms with Crippen molar-refractivity contribution < 1.29 is 28.9 Å². The minimum absolute atomic E-state index is 0.0187. The first-order valence-electron chi connectivity index (χ1n) is 13.0. The molecule has 0 aromatic heterocycles. The van der Waals surface area contributed by atoms with E-state index < -0.39 is 17.7 Å². The van der Waals surface area contributed by atoms with Crippen LogP contribution < -0.4 is 19.1 Å². The van der Waals surface area contributed by atoms with Gasteiger partial charge in [0.25, 0.3) is 11.7 Å². The fourth-order valence-corrected chi connectivity index (χ4v) is 4.65. The van der Waals surface area contributed by atoms with Crippen LogP contribution in [-0.4, -0.2) is 37.6 Å². The highest BCUT2D eigenvalue weighted by atomic mass is 16.5. The number of carbonyl (C=O) groups excluding carboxylic acids is 2. The summed E-state index contributed by atoms with van der Waals surface area (Å²) in [7, 11) is 3.16. The standard InChI is InChI=1S/C32H35NO6/c1-19(2)18-39-25-14-10-23(11-15-25)33-29(21-7-12-24(37-5)13-8-21)28(31(35)32(33)36)30(34)22-9-16-27(38-6)26(17-22)20(3)4/h7-17,19-20,29,34H,18H2,1-6H3/b30-28-. The zero-order valence-corrected chi connectivity index (χ0v) is 23.2. The molecule has 0 radical (unpaired) electrons. The van der Waals surface area contributed by atoms with E-state index in [4.69, 9.17) is 14.2 Å². The molecular formula is C32H35NO6. The average molecular weight is 530 g/mol. The van der Waals surface area contributed by atoms with Crippen LogP contribution in [0.15, 0.2) is 72.3 Å². The van der Waals surface area contributed by atoms with Gasteiger partial charge >= 0.3 is 0 Å². The molecule has 1 fully saturated rings. The van der Waals surface area contributed by atoms with Gasteiger partial charge in [-0.15, -0.1) is 0 Å². The molecule has 4 rings (SSSR count). The summed E-state index contributed by atoms with van der Waals surface area (Å²) in [6.07, 6.45) is 0. The lowest BCUT2D eigenvalue weighted by molar-refractivity contribution is -0.132. The largest absolute Gasteiger partial charge is 0.507 e. The number of methoxy groups -OCH3 is 2. The summed E-state index contributed by atoms with van der Waals surface area (Å²) < 4.78 is 16.6. The summed E-state index contributed by atoms with van der Waals surface area (Å²) in [6, 6.07) is 18.6. The van der Waals surface area contributed by atoms with Crippen molar-refractivity contribution in [2.75, 3.05) is 25.7 Å². The van der Waals surface area contributed by atoms with Crippen LogP contribution in [0.3, 0.4) is 0 Å². The highest BCUT2D eigenvalue weighted by molar-refractivity contribution is 6.51. The number of ketones is 1. The Balaban J connectivity index is 1.85. The summed E-state index contributed by atoms with van der Waals surface area (Å²) in [5.41, 5.74) is 2.52. The second-order valence-corrected chi connectivity index (χ2v) is 10.3. The number of anilines is 1. The van der Waals surface area contributed by atoms with E-state index in [-0.39, 0.29) is 17.3 Å². The smallest absolute Gasteiger partial charge is 0.300 e. The first-order valence-corrected chi connectivity index (χ1v) is 13.0. The number of nitrogens with zero attached hydrogens (tertiary/aromatic N) is 1. The Morgan fingerprint density at radius 2 is 1.51 bits per heavy atom. The van der Waals surface area contributed by atoms with E-state index in [1.807, 2.05) is 13.8 Å². The molecule has 3 aromatic rings. The molecule has 1 unspecified atom stereocenters. The molecule has 1 heterocycles. The molecule has 1 saturated heterocycles. The average Bonchev–Trinajstić information content (AvgIpc) is 3.21. The fourth-order valence-electron chi connectivity index (χ4n) is 4.65. The van der Waals surface area contributed by atoms with E-state index in [0.717, 1.165) is 5.56 Å². The Hall–Kier alpha value is -4.26. The van der Waals surface area contributed by atoms with Gasteiger partial charge in [-0.25, -0.2) is 0 Å². The zero-order chi connectivity index (χ0) is 28.3. The molecule has 1 amide bonds. The second-order valence-electron chi connectivity index (χ2n) is 10.3. The molecule has 7 heteroatoms. The lowest BCUT2D eigenvalue weighted by Crippen LogP contribution is -2.29. The molecule has 204 valence electrons. The summed E-state index contributed by atoms with van der Waals surface area (Å²) in [6.45, 7) is 8.74. The molecule has 1 atom stereocenters. The maximum atomic E-state index is 13.5. The van der Waals surface area contributed by atoms with Crippen LogP contribution in [0.2, 0.25) is 0 Å². The first-order chi connectivity index (χ1) is 18.7. The quantitative estimate of drug-likeness (QED) is 0.194. The van der Waals surface area contributed by atoms with Crippen molar-refractivity contribution in [3.05, 3.63) is 89.0 Å². The van der Waals surface area contributed by atoms with Gasteiger partial charge in [-0.2, -0.15) is 0 Å². The summed E-state index contributed by atoms with van der Waals surface area (Å²) in [5, 5.41) is 11.5. The maximum absolute atomic E-state index is 13.5. The Morgan fingerprint density at radius 1 is 0.872 bits per heavy atom. The molecule has 1 aliphatic rings. The van der Waals surface area contributed by atoms with Gasteiger partial charge in [-0.3, -0.25) is 14.5 Å². The molecule has 0 aliphatic carbocycles. The van der Waals surface area contributed by atoms with Gasteiger partial charge in [0.1, 0.15) is 23.0 Å². The fraction of sp³-hybridized carbons (Fsp3) is 0.312. The normalized spacial score (nSPS) is 16.7. The number of aliphatic hydroxyl groups is 1. The summed E-state index contributed by atoms with van der Waals surface area (Å²) in [5.74, 6) is 0.770. The summed E-state index contributed by atoms with van der Waals surface area (Å²) >= 11 is 0. The van der Waals surface area contributed by atoms with E-state index >= 15 is 0 Å². The van der Waals surface area contributed by atoms with Gasteiger partial charge in [0.05, 0.1) is 32.4 Å². The molecule has 3 aromatic carbocycles. The van der Waals surface area contributed by atoms with E-state index in [9.17, 15) is 14.7 Å². The van der Waals surface area contributed by atoms with Crippen molar-refractivity contribution in [3.63, 3.8) is 0 Å². The molecule has 1 N–H and O–H groups in total. The van der Waals surface area contributed by atoms with E-state index in [2.05, 4.69) is 13.8 Å². The minimum atomic E-state index is -0.844. The number of rotatable bonds is 9. The second kappa shape index (κ2) is 11.6. The number of aliphatic hydroxyl groups excluding tert-OH is 1. The Morgan fingerprint density at radius 3 is 2.08 bits per heavy atom. The Bertz CT molecular complexity index is 1370. The molecule has 0 spiro atoms. The predicted molar refractivity (Wildman–Crippen MR) is 152 cm³/mol. The summed E-state index contributed by atoms with van der Waals surface area (Å²) in [4.78, 5) is 28.4. The zero-order valence-electron chi connectivity index (χ0n) is 23.2. The van der Waals surface area contributed by atoms with Gasteiger partial charge in [-0.05, 0) is 77.6 Å². The van der Waals surface area contributed by atoms with Gasteiger partial charge < -0.3 is 19.3 Å². The third kappa shape index (κ3) is 5.62. The van der Waals surface area contributed by atoms with Crippen LogP contribution in [0.5, 0.6) is 17.2 Å². The lowest BCUT2D eigenvalue weighted by atomic mass is 9.93. The number of amides is 1. The van der Waals surface area contributed by atoms with Crippen LogP contribution in [0, 0.1) is 5.92 Å². The molecule has 0 saturated carbocycles. The Kier molecular flexibility index (Phi) is 8.29. The molecule has 7 nitrogen and oxygen atoms in total. The molecule has 39 heavy (non-hydrogen) atoms. The monoisotopic (exact) mass is 529 g/mol. The van der Waals surface area contributed by atoms with Gasteiger partial charge in [0, 0.05) is 11.3 Å². The van der Waals surface area contributed by atoms with Crippen LogP contribution in [0.1, 0.15) is 56.3 Å². The molecule has 1 aliphatic heterocycles. The van der Waals surface area contributed by atoms with Crippen molar-refractivity contribution in [3.8, 4) is 17.2 Å². The van der Waals surface area contributed by atoms with E-state index in [1.165, 1.54) is 4.90 Å². The van der Waals surface area contributed by atoms with Crippen molar-refractivity contribution >= 4 is 23.1 Å². The van der Waals surface area contributed by atoms with Crippen LogP contribution >= 0.6 is 0 Å². The number of hydrogen-bond donors (Lipinski definition) is 1. The Labute approximate surface area is 229 Å². The van der Waals surface area contributed by atoms with Gasteiger partial charge in [0.2, 0.25) is 0 Å². The maximum Gasteiger partial charge on any atom is 0.300 e. The van der Waals surface area contributed by atoms with Gasteiger partial charge in [0.15, 0.2) is 0 Å². The van der Waals surface area contributed by atoms with E-state index in [0.29, 0.717) is 46.6 Å². The third-order valence-corrected chi connectivity index (χ3v) is 6.70. The van der Waals surface area contributed by atoms with Gasteiger partial charge in [-0.1, -0.05) is 39.8 Å². The highest BCUT2D eigenvalue weighted by Gasteiger charge is 2.47. The van der Waals surface area contributed by atoms with Crippen LogP contribution in [0.25, 0.3) is 5.76 Å². The number of ether oxygens (including phenoxy) is 3. The number of carbonyl (C=O) groups is 2. The number of hydrogen-bond acceptors (Lipinski definition) is 6. The number of Topliss-reactive ketones (excluding diaryl/α,β-unsaturated/α-hetero) is 1. The van der Waals surface area contributed by atoms with Crippen molar-refractivity contribution in [1.82, 2.24) is 0 Å². The van der Waals surface area contributed by atoms with E-state index in [1.54, 1.807) is 80.9 Å². The third-order valence-electron chi connectivity index (χ3n) is 6.70. The molecule has 0 bridgehead atoms. The first kappa shape index (κ1) is 27.8. The lowest BCUT2D eigenvalue weighted by Gasteiger charge is -2.26. The predicted octanol–water partition coefficient (Wildman–Crippen LogP) is 6.49. The highest BCUT2D eigenvalue weighted by Crippen LogP contribution is 2.43. The van der Waals surface area contributed by atoms with Crippen LogP contribution in [-0.2, 0) is 9.59 Å².